The number of carboxylic acid groups (broad SMARTS) is 1. The fourth-order valence-corrected chi connectivity index (χ4v) is 4.97. The van der Waals surface area contributed by atoms with Crippen molar-refractivity contribution in [3.05, 3.63) is 34.5 Å². The Morgan fingerprint density at radius 3 is 2.40 bits per heavy atom. The summed E-state index contributed by atoms with van der Waals surface area (Å²) in [6.45, 7) is 9.57. The molecule has 0 radical (unpaired) electrons. The second kappa shape index (κ2) is 10.4. The molecule has 2 aromatic rings. The molecular formula is C23H32F3N5O4. The van der Waals surface area contributed by atoms with Crippen LogP contribution < -0.4 is 0 Å². The van der Waals surface area contributed by atoms with Crippen molar-refractivity contribution in [3.8, 4) is 0 Å². The van der Waals surface area contributed by atoms with Crippen molar-refractivity contribution in [1.82, 2.24) is 24.7 Å². The molecule has 4 heterocycles. The first-order valence-corrected chi connectivity index (χ1v) is 11.6. The lowest BCUT2D eigenvalue weighted by atomic mass is 9.87. The Kier molecular flexibility index (Phi) is 7.93. The normalized spacial score (nSPS) is 21.2. The van der Waals surface area contributed by atoms with Gasteiger partial charge < -0.3 is 14.5 Å². The number of halogens is 3. The van der Waals surface area contributed by atoms with E-state index in [1.807, 2.05) is 32.5 Å². The Hall–Kier alpha value is -2.89. The molecule has 2 aromatic heterocycles. The fourth-order valence-electron chi connectivity index (χ4n) is 4.97. The van der Waals surface area contributed by atoms with Gasteiger partial charge in [-0.3, -0.25) is 14.4 Å². The summed E-state index contributed by atoms with van der Waals surface area (Å²) in [7, 11) is 2.02. The average molecular weight is 500 g/mol. The third-order valence-corrected chi connectivity index (χ3v) is 6.91. The highest BCUT2D eigenvalue weighted by molar-refractivity contribution is 5.79. The maximum Gasteiger partial charge on any atom is 0.490 e. The number of aryl methyl sites for hydroxylation is 4. The number of carboxylic acids is 1. The number of alkyl halides is 3. The molecular weight excluding hydrogens is 467 g/mol. The molecule has 2 aliphatic rings. The largest absolute Gasteiger partial charge is 0.490 e. The smallest absolute Gasteiger partial charge is 0.475 e. The van der Waals surface area contributed by atoms with E-state index in [4.69, 9.17) is 14.4 Å². The molecule has 4 rings (SSSR count). The second-order valence-corrected chi connectivity index (χ2v) is 9.34. The number of aliphatic carboxylic acids is 1. The molecule has 35 heavy (non-hydrogen) atoms. The Bertz CT molecular complexity index is 1040. The van der Waals surface area contributed by atoms with E-state index in [1.165, 1.54) is 5.69 Å². The van der Waals surface area contributed by atoms with Gasteiger partial charge in [0, 0.05) is 37.7 Å². The highest BCUT2D eigenvalue weighted by atomic mass is 19.4. The van der Waals surface area contributed by atoms with E-state index >= 15 is 0 Å². The lowest BCUT2D eigenvalue weighted by Gasteiger charge is -2.38. The number of hydrogen-bond donors (Lipinski definition) is 1. The van der Waals surface area contributed by atoms with Crippen LogP contribution in [0.15, 0.2) is 10.6 Å². The van der Waals surface area contributed by atoms with Crippen molar-refractivity contribution in [2.45, 2.75) is 77.7 Å². The van der Waals surface area contributed by atoms with Crippen LogP contribution >= 0.6 is 0 Å². The van der Waals surface area contributed by atoms with Gasteiger partial charge in [0.25, 0.3) is 0 Å². The molecule has 2 aliphatic heterocycles. The van der Waals surface area contributed by atoms with Crippen molar-refractivity contribution < 1.29 is 32.4 Å². The van der Waals surface area contributed by atoms with Gasteiger partial charge in [0.2, 0.25) is 5.91 Å². The van der Waals surface area contributed by atoms with Crippen molar-refractivity contribution in [2.75, 3.05) is 13.1 Å². The number of carbonyl (C=O) groups excluding carboxylic acids is 1. The standard InChI is InChI=1S/C21H31N5O2.C2HF3O2/c1-15-12-18(24(4)22-15)13-25-10-5-7-21(9-11-25)8-6-20(27)26(21)14-19-16(2)23-28-17(19)3;3-2(4,5)1(6)7/h12H,5-11,13-14H2,1-4H3;(H,6,7). The van der Waals surface area contributed by atoms with Crippen LogP contribution in [-0.2, 0) is 29.7 Å². The molecule has 1 atom stereocenters. The number of amides is 1. The minimum atomic E-state index is -5.08. The highest BCUT2D eigenvalue weighted by Crippen LogP contribution is 2.40. The third kappa shape index (κ3) is 6.22. The molecule has 1 spiro atoms. The van der Waals surface area contributed by atoms with E-state index in [2.05, 4.69) is 26.1 Å². The quantitative estimate of drug-likeness (QED) is 0.686. The first kappa shape index (κ1) is 26.7. The summed E-state index contributed by atoms with van der Waals surface area (Å²) < 4.78 is 39.1. The fraction of sp³-hybridized carbons (Fsp3) is 0.652. The van der Waals surface area contributed by atoms with Gasteiger partial charge in [-0.05, 0) is 59.1 Å². The lowest BCUT2D eigenvalue weighted by Crippen LogP contribution is -2.46. The summed E-state index contributed by atoms with van der Waals surface area (Å²) in [4.78, 5) is 26.3. The molecule has 0 aromatic carbocycles. The maximum absolute atomic E-state index is 12.8. The zero-order valence-electron chi connectivity index (χ0n) is 20.5. The highest BCUT2D eigenvalue weighted by Gasteiger charge is 2.46. The number of carbonyl (C=O) groups is 2. The molecule has 2 fully saturated rings. The van der Waals surface area contributed by atoms with Crippen LogP contribution in [-0.4, -0.2) is 66.5 Å². The summed E-state index contributed by atoms with van der Waals surface area (Å²) in [5.74, 6) is -1.66. The zero-order valence-corrected chi connectivity index (χ0v) is 20.5. The van der Waals surface area contributed by atoms with E-state index in [9.17, 15) is 18.0 Å². The number of aromatic nitrogens is 3. The third-order valence-electron chi connectivity index (χ3n) is 6.91. The van der Waals surface area contributed by atoms with Gasteiger partial charge in [-0.2, -0.15) is 18.3 Å². The summed E-state index contributed by atoms with van der Waals surface area (Å²) in [6.07, 6.45) is -0.248. The van der Waals surface area contributed by atoms with Gasteiger partial charge >= 0.3 is 12.1 Å². The van der Waals surface area contributed by atoms with Crippen LogP contribution in [0.25, 0.3) is 0 Å². The molecule has 0 saturated carbocycles. The van der Waals surface area contributed by atoms with Crippen LogP contribution in [0.3, 0.4) is 0 Å². The van der Waals surface area contributed by atoms with E-state index in [0.29, 0.717) is 13.0 Å². The van der Waals surface area contributed by atoms with E-state index < -0.39 is 12.1 Å². The van der Waals surface area contributed by atoms with Gasteiger partial charge in [0.15, 0.2) is 0 Å². The van der Waals surface area contributed by atoms with Crippen LogP contribution in [0.1, 0.15) is 60.5 Å². The number of hydrogen-bond acceptors (Lipinski definition) is 6. The molecule has 194 valence electrons. The van der Waals surface area contributed by atoms with Crippen molar-refractivity contribution >= 4 is 11.9 Å². The van der Waals surface area contributed by atoms with E-state index in [0.717, 1.165) is 68.0 Å². The van der Waals surface area contributed by atoms with Gasteiger partial charge in [0.05, 0.1) is 23.6 Å². The topological polar surface area (TPSA) is 105 Å². The Balaban J connectivity index is 0.000000429. The minimum absolute atomic E-state index is 0.0235. The Morgan fingerprint density at radius 2 is 1.86 bits per heavy atom. The Morgan fingerprint density at radius 1 is 1.17 bits per heavy atom. The van der Waals surface area contributed by atoms with Crippen molar-refractivity contribution in [3.63, 3.8) is 0 Å². The summed E-state index contributed by atoms with van der Waals surface area (Å²) in [6, 6.07) is 2.17. The number of rotatable bonds is 4. The maximum atomic E-state index is 12.8. The summed E-state index contributed by atoms with van der Waals surface area (Å²) >= 11 is 0. The lowest BCUT2D eigenvalue weighted by molar-refractivity contribution is -0.192. The molecule has 1 amide bonds. The van der Waals surface area contributed by atoms with Crippen molar-refractivity contribution in [2.24, 2.45) is 7.05 Å². The number of likely N-dealkylation sites (tertiary alicyclic amines) is 2. The monoisotopic (exact) mass is 499 g/mol. The van der Waals surface area contributed by atoms with E-state index in [-0.39, 0.29) is 11.4 Å². The molecule has 1 unspecified atom stereocenters. The van der Waals surface area contributed by atoms with Crippen LogP contribution in [0.4, 0.5) is 13.2 Å². The summed E-state index contributed by atoms with van der Waals surface area (Å²) in [5.41, 5.74) is 4.26. The molecule has 2 saturated heterocycles. The Labute approximate surface area is 201 Å². The predicted octanol–water partition coefficient (Wildman–Crippen LogP) is 3.51. The molecule has 1 N–H and O–H groups in total. The van der Waals surface area contributed by atoms with Crippen molar-refractivity contribution in [1.29, 1.82) is 0 Å². The first-order valence-electron chi connectivity index (χ1n) is 11.6. The van der Waals surface area contributed by atoms with Crippen LogP contribution in [0.2, 0.25) is 0 Å². The second-order valence-electron chi connectivity index (χ2n) is 9.34. The molecule has 0 aliphatic carbocycles. The predicted molar refractivity (Wildman–Crippen MR) is 119 cm³/mol. The van der Waals surface area contributed by atoms with E-state index in [1.54, 1.807) is 0 Å². The van der Waals surface area contributed by atoms with Crippen LogP contribution in [0, 0.1) is 20.8 Å². The van der Waals surface area contributed by atoms with Gasteiger partial charge in [-0.1, -0.05) is 5.16 Å². The first-order chi connectivity index (χ1) is 16.3. The van der Waals surface area contributed by atoms with Gasteiger partial charge in [0.1, 0.15) is 5.76 Å². The average Bonchev–Trinajstić information content (AvgIpc) is 3.30. The van der Waals surface area contributed by atoms with Gasteiger partial charge in [-0.25, -0.2) is 4.79 Å². The minimum Gasteiger partial charge on any atom is -0.475 e. The number of nitrogens with zero attached hydrogens (tertiary/aromatic N) is 5. The summed E-state index contributed by atoms with van der Waals surface area (Å²) in [5, 5.41) is 15.7. The SMILES string of the molecule is Cc1cc(CN2CCCC3(CCC(=O)N3Cc3c(C)noc3C)CC2)n(C)n1.O=C(O)C(F)(F)F. The van der Waals surface area contributed by atoms with Gasteiger partial charge in [-0.15, -0.1) is 0 Å². The molecule has 12 heteroatoms. The molecule has 9 nitrogen and oxygen atoms in total. The molecule has 0 bridgehead atoms. The van der Waals surface area contributed by atoms with Crippen LogP contribution in [0.5, 0.6) is 0 Å². The zero-order chi connectivity index (χ0) is 26.0.